The molecule has 1 aliphatic heterocycles. The molecule has 1 unspecified atom stereocenters. The van der Waals surface area contributed by atoms with Crippen LogP contribution in [0.25, 0.3) is 0 Å². The lowest BCUT2D eigenvalue weighted by molar-refractivity contribution is -0.0165. The molecule has 0 radical (unpaired) electrons. The van der Waals surface area contributed by atoms with Crippen LogP contribution in [0.2, 0.25) is 4.34 Å². The molecule has 0 spiro atoms. The van der Waals surface area contributed by atoms with E-state index in [0.29, 0.717) is 21.1 Å². The predicted octanol–water partition coefficient (Wildman–Crippen LogP) is 4.35. The molecule has 1 aromatic heterocycles. The van der Waals surface area contributed by atoms with Gasteiger partial charge in [0.2, 0.25) is 0 Å². The third-order valence-corrected chi connectivity index (χ3v) is 8.89. The van der Waals surface area contributed by atoms with E-state index >= 15 is 0 Å². The Balaban J connectivity index is 1.92. The fourth-order valence-corrected chi connectivity index (χ4v) is 7.32. The molecule has 23 heavy (non-hydrogen) atoms. The summed E-state index contributed by atoms with van der Waals surface area (Å²) in [5, 5.41) is 0. The molecule has 7 heteroatoms. The summed E-state index contributed by atoms with van der Waals surface area (Å²) in [6.07, 6.45) is 4.48. The zero-order valence-electron chi connectivity index (χ0n) is 13.8. The largest absolute Gasteiger partial charge is 0.358 e. The first-order chi connectivity index (χ1) is 10.7. The van der Waals surface area contributed by atoms with Crippen molar-refractivity contribution in [2.75, 3.05) is 6.61 Å². The Kier molecular flexibility index (Phi) is 4.84. The van der Waals surface area contributed by atoms with Crippen LogP contribution >= 0.6 is 22.9 Å². The molecule has 2 aliphatic rings. The standard InChI is InChI=1S/C16H24ClNO3S2/c1-11-4-6-12(7-5-11)13-10-21-16(2,3)18(13)23(19,20)15-9-8-14(17)22-15/h8-9,11-13H,4-7,10H2,1-3H3. The number of hydrogen-bond acceptors (Lipinski definition) is 4. The number of halogens is 1. The van der Waals surface area contributed by atoms with Gasteiger partial charge in [0.05, 0.1) is 17.0 Å². The van der Waals surface area contributed by atoms with Crippen LogP contribution in [0, 0.1) is 11.8 Å². The Hall–Kier alpha value is -0.140. The highest BCUT2D eigenvalue weighted by Crippen LogP contribution is 2.42. The van der Waals surface area contributed by atoms with Gasteiger partial charge in [0.1, 0.15) is 9.93 Å². The molecule has 0 aromatic carbocycles. The van der Waals surface area contributed by atoms with Crippen LogP contribution in [0.1, 0.15) is 46.5 Å². The topological polar surface area (TPSA) is 46.6 Å². The van der Waals surface area contributed by atoms with E-state index in [4.69, 9.17) is 16.3 Å². The summed E-state index contributed by atoms with van der Waals surface area (Å²) in [4.78, 5) is 0. The van der Waals surface area contributed by atoms with E-state index in [1.54, 1.807) is 16.4 Å². The number of rotatable bonds is 3. The molecule has 4 nitrogen and oxygen atoms in total. The maximum absolute atomic E-state index is 13.2. The Bertz CT molecular complexity index is 663. The molecule has 1 saturated carbocycles. The SMILES string of the molecule is CC1CCC(C2COC(C)(C)N2S(=O)(=O)c2ccc(Cl)s2)CC1. The van der Waals surface area contributed by atoms with Crippen LogP contribution in [-0.4, -0.2) is 31.1 Å². The second kappa shape index (κ2) is 6.30. The quantitative estimate of drug-likeness (QED) is 0.786. The number of thiophene rings is 1. The van der Waals surface area contributed by atoms with Crippen molar-refractivity contribution in [1.82, 2.24) is 4.31 Å². The molecule has 0 amide bonds. The Labute approximate surface area is 147 Å². The van der Waals surface area contributed by atoms with Crippen molar-refractivity contribution >= 4 is 33.0 Å². The minimum absolute atomic E-state index is 0.0802. The molecule has 0 N–H and O–H groups in total. The molecule has 1 aromatic rings. The highest BCUT2D eigenvalue weighted by atomic mass is 35.5. The van der Waals surface area contributed by atoms with Gasteiger partial charge in [0.25, 0.3) is 10.0 Å². The van der Waals surface area contributed by atoms with Gasteiger partial charge in [-0.25, -0.2) is 8.42 Å². The molecule has 3 rings (SSSR count). The van der Waals surface area contributed by atoms with Crippen molar-refractivity contribution in [3.8, 4) is 0 Å². The molecular formula is C16H24ClNO3S2. The highest BCUT2D eigenvalue weighted by Gasteiger charge is 2.51. The highest BCUT2D eigenvalue weighted by molar-refractivity contribution is 7.91. The number of sulfonamides is 1. The fraction of sp³-hybridized carbons (Fsp3) is 0.750. The van der Waals surface area contributed by atoms with E-state index in [9.17, 15) is 8.42 Å². The predicted molar refractivity (Wildman–Crippen MR) is 93.3 cm³/mol. The summed E-state index contributed by atoms with van der Waals surface area (Å²) >= 11 is 7.06. The lowest BCUT2D eigenvalue weighted by atomic mass is 9.79. The van der Waals surface area contributed by atoms with Gasteiger partial charge in [-0.05, 0) is 50.7 Å². The number of nitrogens with zero attached hydrogens (tertiary/aromatic N) is 1. The van der Waals surface area contributed by atoms with Gasteiger partial charge in [0, 0.05) is 0 Å². The van der Waals surface area contributed by atoms with Crippen molar-refractivity contribution in [2.45, 2.75) is 62.4 Å². The molecular weight excluding hydrogens is 354 g/mol. The lowest BCUT2D eigenvalue weighted by Gasteiger charge is -2.37. The average molecular weight is 378 g/mol. The van der Waals surface area contributed by atoms with Crippen LogP contribution in [0.3, 0.4) is 0 Å². The van der Waals surface area contributed by atoms with E-state index in [0.717, 1.165) is 30.1 Å². The van der Waals surface area contributed by atoms with Crippen molar-refractivity contribution in [1.29, 1.82) is 0 Å². The molecule has 1 saturated heterocycles. The third kappa shape index (κ3) is 3.33. The molecule has 0 bridgehead atoms. The van der Waals surface area contributed by atoms with Gasteiger partial charge in [-0.2, -0.15) is 4.31 Å². The maximum Gasteiger partial charge on any atom is 0.255 e. The normalized spacial score (nSPS) is 32.3. The zero-order chi connectivity index (χ0) is 16.8. The monoisotopic (exact) mass is 377 g/mol. The second-order valence-electron chi connectivity index (χ2n) is 7.20. The molecule has 2 heterocycles. The lowest BCUT2D eigenvalue weighted by Crippen LogP contribution is -2.50. The van der Waals surface area contributed by atoms with Crippen molar-refractivity contribution in [2.24, 2.45) is 11.8 Å². The van der Waals surface area contributed by atoms with Crippen LogP contribution < -0.4 is 0 Å². The van der Waals surface area contributed by atoms with E-state index in [2.05, 4.69) is 6.92 Å². The Morgan fingerprint density at radius 2 is 1.91 bits per heavy atom. The van der Waals surface area contributed by atoms with Gasteiger partial charge in [-0.15, -0.1) is 11.3 Å². The number of ether oxygens (including phenoxy) is 1. The third-order valence-electron chi connectivity index (χ3n) is 5.11. The summed E-state index contributed by atoms with van der Waals surface area (Å²) in [5.41, 5.74) is -0.816. The van der Waals surface area contributed by atoms with Crippen molar-refractivity contribution in [3.05, 3.63) is 16.5 Å². The first-order valence-corrected chi connectivity index (χ1v) is 10.8. The van der Waals surface area contributed by atoms with E-state index in [-0.39, 0.29) is 6.04 Å². The zero-order valence-corrected chi connectivity index (χ0v) is 16.2. The van der Waals surface area contributed by atoms with E-state index < -0.39 is 15.7 Å². The smallest absolute Gasteiger partial charge is 0.255 e. The van der Waals surface area contributed by atoms with Crippen molar-refractivity contribution in [3.63, 3.8) is 0 Å². The van der Waals surface area contributed by atoms with Crippen LogP contribution in [0.15, 0.2) is 16.3 Å². The summed E-state index contributed by atoms with van der Waals surface area (Å²) in [6.45, 7) is 6.42. The molecule has 130 valence electrons. The van der Waals surface area contributed by atoms with Crippen LogP contribution in [0.4, 0.5) is 0 Å². The van der Waals surface area contributed by atoms with Crippen LogP contribution in [0.5, 0.6) is 0 Å². The Morgan fingerprint density at radius 3 is 2.48 bits per heavy atom. The first-order valence-electron chi connectivity index (χ1n) is 8.15. The van der Waals surface area contributed by atoms with E-state index in [1.165, 1.54) is 12.8 Å². The molecule has 2 fully saturated rings. The Morgan fingerprint density at radius 1 is 1.26 bits per heavy atom. The van der Waals surface area contributed by atoms with Crippen molar-refractivity contribution < 1.29 is 13.2 Å². The summed E-state index contributed by atoms with van der Waals surface area (Å²) in [7, 11) is -3.60. The van der Waals surface area contributed by atoms with Gasteiger partial charge >= 0.3 is 0 Å². The molecule has 1 atom stereocenters. The van der Waals surface area contributed by atoms with Gasteiger partial charge in [0.15, 0.2) is 0 Å². The summed E-state index contributed by atoms with van der Waals surface area (Å²) in [5.74, 6) is 1.11. The average Bonchev–Trinajstić information content (AvgIpc) is 3.03. The maximum atomic E-state index is 13.2. The van der Waals surface area contributed by atoms with Gasteiger partial charge < -0.3 is 4.74 Å². The van der Waals surface area contributed by atoms with Gasteiger partial charge in [-0.3, -0.25) is 0 Å². The summed E-state index contributed by atoms with van der Waals surface area (Å²) in [6, 6.07) is 3.15. The minimum atomic E-state index is -3.60. The van der Waals surface area contributed by atoms with Gasteiger partial charge in [-0.1, -0.05) is 31.4 Å². The van der Waals surface area contributed by atoms with E-state index in [1.807, 2.05) is 13.8 Å². The minimum Gasteiger partial charge on any atom is -0.358 e. The van der Waals surface area contributed by atoms with Crippen LogP contribution in [-0.2, 0) is 14.8 Å². The summed E-state index contributed by atoms with van der Waals surface area (Å²) < 4.78 is 34.6. The number of hydrogen-bond donors (Lipinski definition) is 0. The molecule has 1 aliphatic carbocycles. The fourth-order valence-electron chi connectivity index (χ4n) is 3.82. The first kappa shape index (κ1) is 17.7. The second-order valence-corrected chi connectivity index (χ2v) is 11.0.